The summed E-state index contributed by atoms with van der Waals surface area (Å²) in [6, 6.07) is 11.2. The third-order valence-corrected chi connectivity index (χ3v) is 3.99. The Morgan fingerprint density at radius 3 is 2.76 bits per heavy atom. The smallest absolute Gasteiger partial charge is 0.251 e. The molecule has 2 N–H and O–H groups in total. The molecule has 0 bridgehead atoms. The van der Waals surface area contributed by atoms with E-state index in [9.17, 15) is 4.79 Å². The number of aliphatic hydroxyl groups excluding tert-OH is 1. The van der Waals surface area contributed by atoms with Crippen LogP contribution in [0.1, 0.15) is 41.9 Å². The van der Waals surface area contributed by atoms with Crippen LogP contribution in [0.5, 0.6) is 5.75 Å². The van der Waals surface area contributed by atoms with E-state index in [1.54, 1.807) is 12.3 Å². The molecule has 25 heavy (non-hydrogen) atoms. The van der Waals surface area contributed by atoms with Crippen LogP contribution in [0.25, 0.3) is 0 Å². The SMILES string of the molecule is Cc1ccc(OCc2cccc(C(=O)NCC(C)(C)CCO)c2)cn1. The summed E-state index contributed by atoms with van der Waals surface area (Å²) in [5.41, 5.74) is 2.32. The summed E-state index contributed by atoms with van der Waals surface area (Å²) < 4.78 is 5.71. The van der Waals surface area contributed by atoms with Gasteiger partial charge in [0.1, 0.15) is 12.4 Å². The fraction of sp³-hybridized carbons (Fsp3) is 0.400. The fourth-order valence-electron chi connectivity index (χ4n) is 2.32. The van der Waals surface area contributed by atoms with E-state index in [1.165, 1.54) is 0 Å². The predicted octanol–water partition coefficient (Wildman–Crippen LogP) is 3.11. The van der Waals surface area contributed by atoms with E-state index in [-0.39, 0.29) is 17.9 Å². The summed E-state index contributed by atoms with van der Waals surface area (Å²) in [6.45, 7) is 6.97. The first-order valence-electron chi connectivity index (χ1n) is 8.43. The zero-order valence-electron chi connectivity index (χ0n) is 15.1. The number of ether oxygens (including phenoxy) is 1. The molecule has 1 amide bonds. The molecule has 0 saturated carbocycles. The third-order valence-electron chi connectivity index (χ3n) is 3.99. The largest absolute Gasteiger partial charge is 0.487 e. The zero-order valence-corrected chi connectivity index (χ0v) is 15.1. The maximum atomic E-state index is 12.3. The number of hydrogen-bond donors (Lipinski definition) is 2. The average Bonchev–Trinajstić information content (AvgIpc) is 2.59. The first-order valence-corrected chi connectivity index (χ1v) is 8.43. The number of benzene rings is 1. The molecule has 0 unspecified atom stereocenters. The van der Waals surface area contributed by atoms with Crippen LogP contribution in [0.15, 0.2) is 42.6 Å². The lowest BCUT2D eigenvalue weighted by Gasteiger charge is -2.23. The number of aromatic nitrogens is 1. The highest BCUT2D eigenvalue weighted by molar-refractivity contribution is 5.94. The van der Waals surface area contributed by atoms with Gasteiger partial charge in [0.05, 0.1) is 6.20 Å². The minimum absolute atomic E-state index is 0.115. The summed E-state index contributed by atoms with van der Waals surface area (Å²) in [6.07, 6.45) is 2.33. The number of nitrogens with one attached hydrogen (secondary N) is 1. The van der Waals surface area contributed by atoms with Gasteiger partial charge in [-0.25, -0.2) is 0 Å². The van der Waals surface area contributed by atoms with Crippen LogP contribution in [-0.2, 0) is 6.61 Å². The van der Waals surface area contributed by atoms with E-state index in [2.05, 4.69) is 10.3 Å². The molecule has 1 heterocycles. The minimum atomic E-state index is -0.135. The zero-order chi connectivity index (χ0) is 18.3. The Bertz CT molecular complexity index is 696. The van der Waals surface area contributed by atoms with Gasteiger partial charge >= 0.3 is 0 Å². The number of rotatable bonds is 8. The summed E-state index contributed by atoms with van der Waals surface area (Å²) >= 11 is 0. The lowest BCUT2D eigenvalue weighted by molar-refractivity contribution is 0.0928. The van der Waals surface area contributed by atoms with Crippen molar-refractivity contribution >= 4 is 5.91 Å². The highest BCUT2D eigenvalue weighted by atomic mass is 16.5. The van der Waals surface area contributed by atoms with Crippen LogP contribution in [0, 0.1) is 12.3 Å². The molecule has 5 heteroatoms. The Hall–Kier alpha value is -2.40. The molecular weight excluding hydrogens is 316 g/mol. The van der Waals surface area contributed by atoms with E-state index < -0.39 is 0 Å². The second-order valence-electron chi connectivity index (χ2n) is 6.94. The molecule has 2 rings (SSSR count). The fourth-order valence-corrected chi connectivity index (χ4v) is 2.32. The normalized spacial score (nSPS) is 11.2. The number of aryl methyl sites for hydroxylation is 1. The van der Waals surface area contributed by atoms with Crippen LogP contribution in [0.4, 0.5) is 0 Å². The van der Waals surface area contributed by atoms with E-state index in [0.29, 0.717) is 30.9 Å². The predicted molar refractivity (Wildman–Crippen MR) is 97.6 cm³/mol. The molecule has 0 saturated heterocycles. The van der Waals surface area contributed by atoms with Crippen LogP contribution in [-0.4, -0.2) is 29.1 Å². The van der Waals surface area contributed by atoms with Gasteiger partial charge in [0.15, 0.2) is 0 Å². The summed E-state index contributed by atoms with van der Waals surface area (Å²) in [4.78, 5) is 16.5. The monoisotopic (exact) mass is 342 g/mol. The number of pyridine rings is 1. The van der Waals surface area contributed by atoms with E-state index in [0.717, 1.165) is 11.3 Å². The van der Waals surface area contributed by atoms with Gasteiger partial charge in [-0.05, 0) is 48.6 Å². The molecule has 0 aliphatic rings. The van der Waals surface area contributed by atoms with Crippen molar-refractivity contribution in [1.82, 2.24) is 10.3 Å². The number of carbonyl (C=O) groups excluding carboxylic acids is 1. The minimum Gasteiger partial charge on any atom is -0.487 e. The van der Waals surface area contributed by atoms with Crippen molar-refractivity contribution in [2.45, 2.75) is 33.8 Å². The van der Waals surface area contributed by atoms with Crippen molar-refractivity contribution in [2.75, 3.05) is 13.2 Å². The Kier molecular flexibility index (Phi) is 6.53. The number of nitrogens with zero attached hydrogens (tertiary/aromatic N) is 1. The van der Waals surface area contributed by atoms with Crippen LogP contribution in [0.3, 0.4) is 0 Å². The maximum Gasteiger partial charge on any atom is 0.251 e. The highest BCUT2D eigenvalue weighted by Crippen LogP contribution is 2.18. The molecule has 1 aromatic heterocycles. The molecule has 1 aromatic carbocycles. The molecule has 0 radical (unpaired) electrons. The van der Waals surface area contributed by atoms with Gasteiger partial charge < -0.3 is 15.2 Å². The van der Waals surface area contributed by atoms with Gasteiger partial charge in [0.2, 0.25) is 0 Å². The van der Waals surface area contributed by atoms with Gasteiger partial charge in [-0.15, -0.1) is 0 Å². The maximum absolute atomic E-state index is 12.3. The first-order chi connectivity index (χ1) is 11.9. The summed E-state index contributed by atoms with van der Waals surface area (Å²) in [7, 11) is 0. The van der Waals surface area contributed by atoms with Gasteiger partial charge in [0, 0.05) is 24.4 Å². The van der Waals surface area contributed by atoms with Crippen molar-refractivity contribution in [2.24, 2.45) is 5.41 Å². The molecule has 5 nitrogen and oxygen atoms in total. The topological polar surface area (TPSA) is 71.5 Å². The molecule has 0 aliphatic heterocycles. The number of hydrogen-bond acceptors (Lipinski definition) is 4. The van der Waals surface area contributed by atoms with Crippen molar-refractivity contribution in [1.29, 1.82) is 0 Å². The van der Waals surface area contributed by atoms with E-state index in [4.69, 9.17) is 9.84 Å². The Balaban J connectivity index is 1.93. The van der Waals surface area contributed by atoms with E-state index >= 15 is 0 Å². The lowest BCUT2D eigenvalue weighted by atomic mass is 9.89. The molecule has 0 aliphatic carbocycles. The Morgan fingerprint density at radius 1 is 1.28 bits per heavy atom. The second-order valence-corrected chi connectivity index (χ2v) is 6.94. The first kappa shape index (κ1) is 18.9. The molecule has 134 valence electrons. The second kappa shape index (κ2) is 8.62. The number of amides is 1. The van der Waals surface area contributed by atoms with Gasteiger partial charge in [0.25, 0.3) is 5.91 Å². The van der Waals surface area contributed by atoms with Crippen LogP contribution >= 0.6 is 0 Å². The molecular formula is C20H26N2O3. The van der Waals surface area contributed by atoms with E-state index in [1.807, 2.05) is 51.1 Å². The van der Waals surface area contributed by atoms with Crippen molar-refractivity contribution < 1.29 is 14.6 Å². The summed E-state index contributed by atoms with van der Waals surface area (Å²) in [5.74, 6) is 0.580. The van der Waals surface area contributed by atoms with Gasteiger partial charge in [-0.1, -0.05) is 26.0 Å². The Labute approximate surface area is 149 Å². The lowest BCUT2D eigenvalue weighted by Crippen LogP contribution is -2.34. The molecule has 2 aromatic rings. The van der Waals surface area contributed by atoms with Crippen molar-refractivity contribution in [3.8, 4) is 5.75 Å². The molecule has 0 spiro atoms. The highest BCUT2D eigenvalue weighted by Gasteiger charge is 2.18. The van der Waals surface area contributed by atoms with Crippen LogP contribution < -0.4 is 10.1 Å². The summed E-state index contributed by atoms with van der Waals surface area (Å²) in [5, 5.41) is 12.0. The quantitative estimate of drug-likeness (QED) is 0.773. The van der Waals surface area contributed by atoms with Crippen LogP contribution in [0.2, 0.25) is 0 Å². The average molecular weight is 342 g/mol. The number of carbonyl (C=O) groups is 1. The van der Waals surface area contributed by atoms with Gasteiger partial charge in [-0.2, -0.15) is 0 Å². The van der Waals surface area contributed by atoms with Crippen molar-refractivity contribution in [3.05, 3.63) is 59.4 Å². The Morgan fingerprint density at radius 2 is 2.08 bits per heavy atom. The molecule has 0 fully saturated rings. The standard InChI is InChI=1S/C20H26N2O3/c1-15-7-8-18(12-21-15)25-13-16-5-4-6-17(11-16)19(24)22-14-20(2,3)9-10-23/h4-8,11-12,23H,9-10,13-14H2,1-3H3,(H,22,24). The van der Waals surface area contributed by atoms with Crippen molar-refractivity contribution in [3.63, 3.8) is 0 Å². The van der Waals surface area contributed by atoms with Gasteiger partial charge in [-0.3, -0.25) is 9.78 Å². The number of aliphatic hydroxyl groups is 1. The third kappa shape index (κ3) is 6.19. The molecule has 0 atom stereocenters.